The highest BCUT2D eigenvalue weighted by atomic mass is 32.2. The Bertz CT molecular complexity index is 1280. The van der Waals surface area contributed by atoms with Gasteiger partial charge in [-0.25, -0.2) is 0 Å². The first-order chi connectivity index (χ1) is 14.7. The zero-order valence-electron chi connectivity index (χ0n) is 16.1. The molecule has 6 heteroatoms. The quantitative estimate of drug-likeness (QED) is 0.468. The summed E-state index contributed by atoms with van der Waals surface area (Å²) in [6.45, 7) is 0. The number of fused-ring (bicyclic) bond motifs is 1. The maximum absolute atomic E-state index is 13.1. The van der Waals surface area contributed by atoms with E-state index in [9.17, 15) is 10.1 Å². The Morgan fingerprint density at radius 2 is 1.77 bits per heavy atom. The third-order valence-corrected chi connectivity index (χ3v) is 5.71. The summed E-state index contributed by atoms with van der Waals surface area (Å²) in [4.78, 5) is 19.1. The van der Waals surface area contributed by atoms with Crippen molar-refractivity contribution in [3.8, 4) is 11.8 Å². The number of methoxy groups -OCH3 is 1. The second kappa shape index (κ2) is 8.68. The largest absolute Gasteiger partial charge is 0.494 e. The number of pyridine rings is 1. The monoisotopic (exact) mass is 411 g/mol. The van der Waals surface area contributed by atoms with Crippen molar-refractivity contribution in [2.75, 3.05) is 12.4 Å². The molecule has 0 aliphatic rings. The zero-order chi connectivity index (χ0) is 20.9. The van der Waals surface area contributed by atoms with Crippen LogP contribution in [0.4, 0.5) is 5.69 Å². The molecule has 5 nitrogen and oxygen atoms in total. The number of ether oxygens (including phenoxy) is 1. The van der Waals surface area contributed by atoms with Crippen LogP contribution in [0.15, 0.2) is 88.8 Å². The molecule has 0 spiro atoms. The van der Waals surface area contributed by atoms with Crippen molar-refractivity contribution in [3.05, 3.63) is 90.1 Å². The Hall–Kier alpha value is -3.82. The normalized spacial score (nSPS) is 10.4. The van der Waals surface area contributed by atoms with E-state index in [-0.39, 0.29) is 5.91 Å². The number of nitrogens with zero attached hydrogens (tertiary/aromatic N) is 2. The number of nitrogens with one attached hydrogen (secondary N) is 1. The van der Waals surface area contributed by atoms with Crippen molar-refractivity contribution >= 4 is 34.3 Å². The van der Waals surface area contributed by atoms with Gasteiger partial charge >= 0.3 is 0 Å². The van der Waals surface area contributed by atoms with Gasteiger partial charge in [-0.05, 0) is 48.5 Å². The summed E-state index contributed by atoms with van der Waals surface area (Å²) < 4.78 is 5.37. The molecule has 0 aliphatic carbocycles. The molecule has 0 radical (unpaired) electrons. The van der Waals surface area contributed by atoms with E-state index >= 15 is 0 Å². The lowest BCUT2D eigenvalue weighted by Crippen LogP contribution is -2.13. The average molecular weight is 411 g/mol. The lowest BCUT2D eigenvalue weighted by Gasteiger charge is -2.13. The predicted molar refractivity (Wildman–Crippen MR) is 118 cm³/mol. The fourth-order valence-electron chi connectivity index (χ4n) is 3.12. The zero-order valence-corrected chi connectivity index (χ0v) is 16.9. The molecule has 1 heterocycles. The number of carbonyl (C=O) groups excluding carboxylic acids is 1. The number of benzene rings is 3. The van der Waals surface area contributed by atoms with Gasteiger partial charge in [0.05, 0.1) is 23.9 Å². The molecule has 0 bridgehead atoms. The number of amides is 1. The number of anilines is 1. The number of hydrogen-bond acceptors (Lipinski definition) is 5. The van der Waals surface area contributed by atoms with Crippen LogP contribution < -0.4 is 10.1 Å². The molecule has 30 heavy (non-hydrogen) atoms. The van der Waals surface area contributed by atoms with Crippen LogP contribution >= 0.6 is 11.8 Å². The summed E-state index contributed by atoms with van der Waals surface area (Å²) in [6.07, 6.45) is 1.69. The van der Waals surface area contributed by atoms with E-state index in [4.69, 9.17) is 4.74 Å². The summed E-state index contributed by atoms with van der Waals surface area (Å²) in [5, 5.41) is 13.1. The van der Waals surface area contributed by atoms with Gasteiger partial charge in [0.2, 0.25) is 0 Å². The molecule has 0 saturated carbocycles. The van der Waals surface area contributed by atoms with Gasteiger partial charge in [0, 0.05) is 21.4 Å². The molecule has 0 saturated heterocycles. The second-order valence-corrected chi connectivity index (χ2v) is 7.46. The summed E-state index contributed by atoms with van der Waals surface area (Å²) in [5.41, 5.74) is 2.44. The maximum Gasteiger partial charge on any atom is 0.256 e. The van der Waals surface area contributed by atoms with Gasteiger partial charge in [0.25, 0.3) is 5.91 Å². The minimum absolute atomic E-state index is 0.233. The van der Waals surface area contributed by atoms with Crippen molar-refractivity contribution in [1.82, 2.24) is 4.98 Å². The highest BCUT2D eigenvalue weighted by molar-refractivity contribution is 7.99. The number of carbonyl (C=O) groups is 1. The minimum Gasteiger partial charge on any atom is -0.494 e. The molecular weight excluding hydrogens is 394 g/mol. The average Bonchev–Trinajstić information content (AvgIpc) is 2.80. The number of hydrogen-bond donors (Lipinski definition) is 1. The molecule has 0 atom stereocenters. The SMILES string of the molecule is COc1ccc(NC(=O)c2ccccc2Sc2ccccc2C#N)c2cccnc12. The number of rotatable bonds is 5. The van der Waals surface area contributed by atoms with Gasteiger partial charge in [-0.1, -0.05) is 36.0 Å². The van der Waals surface area contributed by atoms with Crippen LogP contribution in [0, 0.1) is 11.3 Å². The van der Waals surface area contributed by atoms with E-state index in [1.54, 1.807) is 31.5 Å². The topological polar surface area (TPSA) is 75.0 Å². The predicted octanol–water partition coefficient (Wildman–Crippen LogP) is 5.52. The van der Waals surface area contributed by atoms with Crippen LogP contribution in [0.5, 0.6) is 5.75 Å². The molecular formula is C24H17N3O2S. The van der Waals surface area contributed by atoms with Crippen molar-refractivity contribution in [1.29, 1.82) is 5.26 Å². The van der Waals surface area contributed by atoms with Crippen LogP contribution in [0.3, 0.4) is 0 Å². The molecule has 1 N–H and O–H groups in total. The van der Waals surface area contributed by atoms with E-state index in [0.29, 0.717) is 28.1 Å². The standard InChI is InChI=1S/C24H17N3O2S/c1-29-20-13-12-19(17-9-6-14-26-23(17)20)27-24(28)18-8-3-5-11-22(18)30-21-10-4-2-7-16(21)15-25/h2-14H,1H3,(H,27,28). The van der Waals surface area contributed by atoms with E-state index < -0.39 is 0 Å². The van der Waals surface area contributed by atoms with Gasteiger partial charge in [0.15, 0.2) is 0 Å². The second-order valence-electron chi connectivity index (χ2n) is 6.38. The Morgan fingerprint density at radius 3 is 2.57 bits per heavy atom. The van der Waals surface area contributed by atoms with Gasteiger partial charge in [-0.2, -0.15) is 5.26 Å². The molecule has 1 aromatic heterocycles. The third kappa shape index (κ3) is 3.84. The highest BCUT2D eigenvalue weighted by Crippen LogP contribution is 2.34. The Kier molecular flexibility index (Phi) is 5.64. The molecule has 0 aliphatic heterocycles. The van der Waals surface area contributed by atoms with Crippen LogP contribution in [0.25, 0.3) is 10.9 Å². The minimum atomic E-state index is -0.233. The van der Waals surface area contributed by atoms with Crippen molar-refractivity contribution in [2.24, 2.45) is 0 Å². The Labute approximate surface area is 178 Å². The third-order valence-electron chi connectivity index (χ3n) is 4.56. The molecule has 146 valence electrons. The first-order valence-electron chi connectivity index (χ1n) is 9.20. The lowest BCUT2D eigenvalue weighted by molar-refractivity contribution is 0.102. The first-order valence-corrected chi connectivity index (χ1v) is 10.0. The first kappa shape index (κ1) is 19.5. The van der Waals surface area contributed by atoms with Crippen LogP contribution in [0.2, 0.25) is 0 Å². The van der Waals surface area contributed by atoms with Crippen LogP contribution in [-0.4, -0.2) is 18.0 Å². The van der Waals surface area contributed by atoms with Gasteiger partial charge in [-0.15, -0.1) is 0 Å². The van der Waals surface area contributed by atoms with E-state index in [2.05, 4.69) is 16.4 Å². The number of nitriles is 1. The Morgan fingerprint density at radius 1 is 1.00 bits per heavy atom. The van der Waals surface area contributed by atoms with E-state index in [1.165, 1.54) is 11.8 Å². The fourth-order valence-corrected chi connectivity index (χ4v) is 4.14. The lowest BCUT2D eigenvalue weighted by atomic mass is 10.1. The molecule has 4 rings (SSSR count). The van der Waals surface area contributed by atoms with Crippen molar-refractivity contribution < 1.29 is 9.53 Å². The molecule has 0 unspecified atom stereocenters. The summed E-state index contributed by atoms with van der Waals surface area (Å²) in [6, 6.07) is 24.2. The van der Waals surface area contributed by atoms with Crippen molar-refractivity contribution in [3.63, 3.8) is 0 Å². The van der Waals surface area contributed by atoms with Crippen LogP contribution in [0.1, 0.15) is 15.9 Å². The molecule has 0 fully saturated rings. The summed E-state index contributed by atoms with van der Waals surface area (Å²) in [5.74, 6) is 0.413. The van der Waals surface area contributed by atoms with Gasteiger partial charge < -0.3 is 10.1 Å². The molecule has 4 aromatic rings. The van der Waals surface area contributed by atoms with Crippen molar-refractivity contribution in [2.45, 2.75) is 9.79 Å². The van der Waals surface area contributed by atoms with E-state index in [1.807, 2.05) is 54.6 Å². The molecule has 1 amide bonds. The highest BCUT2D eigenvalue weighted by Gasteiger charge is 2.16. The maximum atomic E-state index is 13.1. The molecule has 3 aromatic carbocycles. The summed E-state index contributed by atoms with van der Waals surface area (Å²) >= 11 is 1.40. The van der Waals surface area contributed by atoms with E-state index in [0.717, 1.165) is 15.2 Å². The fraction of sp³-hybridized carbons (Fsp3) is 0.0417. The summed E-state index contributed by atoms with van der Waals surface area (Å²) in [7, 11) is 1.59. The van der Waals surface area contributed by atoms with Gasteiger partial charge in [-0.3, -0.25) is 9.78 Å². The number of aromatic nitrogens is 1. The smallest absolute Gasteiger partial charge is 0.256 e. The van der Waals surface area contributed by atoms with Gasteiger partial charge in [0.1, 0.15) is 17.3 Å². The Balaban J connectivity index is 1.68. The van der Waals surface area contributed by atoms with Crippen LogP contribution in [-0.2, 0) is 0 Å².